The van der Waals surface area contributed by atoms with Gasteiger partial charge in [0.1, 0.15) is 5.75 Å². The average molecular weight is 192 g/mol. The summed E-state index contributed by atoms with van der Waals surface area (Å²) in [5.74, 6) is -0.880. The van der Waals surface area contributed by atoms with Crippen molar-refractivity contribution in [2.24, 2.45) is 0 Å². The fourth-order valence-electron chi connectivity index (χ4n) is 0.888. The minimum Gasteiger partial charge on any atom is -1.00 e. The Hall–Kier alpha value is 0.126. The Balaban J connectivity index is 0. The molecule has 0 bridgehead atoms. The second-order valence-electron chi connectivity index (χ2n) is 2.30. The number of benzene rings is 1. The molecule has 2 N–H and O–H groups in total. The first-order chi connectivity index (χ1) is 5.11. The van der Waals surface area contributed by atoms with Gasteiger partial charge in [0.15, 0.2) is 0 Å². The van der Waals surface area contributed by atoms with Gasteiger partial charge in [-0.3, -0.25) is 0 Å². The standard InChI is InChI=1S/C8H8O3.K.H/c1-5-4-6(9)2-3-7(5)8(10)11;;/h2-4,9H,1H3,(H,10,11);;/q;+1;-1. The third kappa shape index (κ3) is 2.88. The normalized spacial score (nSPS) is 8.75. The maximum Gasteiger partial charge on any atom is 1.00 e. The van der Waals surface area contributed by atoms with Crippen molar-refractivity contribution in [2.75, 3.05) is 0 Å². The van der Waals surface area contributed by atoms with Gasteiger partial charge in [-0.15, -0.1) is 0 Å². The van der Waals surface area contributed by atoms with Crippen LogP contribution in [-0.2, 0) is 0 Å². The van der Waals surface area contributed by atoms with E-state index in [1.165, 1.54) is 18.2 Å². The number of phenols is 1. The largest absolute Gasteiger partial charge is 1.00 e. The van der Waals surface area contributed by atoms with E-state index in [1.54, 1.807) is 6.92 Å². The minimum atomic E-state index is -0.970. The van der Waals surface area contributed by atoms with Gasteiger partial charge in [0.25, 0.3) is 0 Å². The molecule has 0 aliphatic heterocycles. The summed E-state index contributed by atoms with van der Waals surface area (Å²) in [6.45, 7) is 1.64. The molecule has 60 valence electrons. The molecule has 0 atom stereocenters. The van der Waals surface area contributed by atoms with Crippen LogP contribution in [-0.4, -0.2) is 16.2 Å². The van der Waals surface area contributed by atoms with E-state index in [-0.39, 0.29) is 64.1 Å². The summed E-state index contributed by atoms with van der Waals surface area (Å²) in [5, 5.41) is 17.5. The molecule has 1 rings (SSSR count). The molecule has 0 saturated heterocycles. The molecule has 0 saturated carbocycles. The van der Waals surface area contributed by atoms with Gasteiger partial charge in [-0.1, -0.05) is 0 Å². The van der Waals surface area contributed by atoms with Crippen LogP contribution in [0.5, 0.6) is 5.75 Å². The number of aryl methyl sites for hydroxylation is 1. The Labute approximate surface area is 114 Å². The van der Waals surface area contributed by atoms with Crippen LogP contribution in [0.4, 0.5) is 0 Å². The minimum absolute atomic E-state index is 0. The summed E-state index contributed by atoms with van der Waals surface area (Å²) in [5.41, 5.74) is 0.792. The Kier molecular flexibility index (Phi) is 5.04. The van der Waals surface area contributed by atoms with Crippen molar-refractivity contribution in [1.82, 2.24) is 0 Å². The van der Waals surface area contributed by atoms with E-state index in [2.05, 4.69) is 0 Å². The van der Waals surface area contributed by atoms with Crippen molar-refractivity contribution in [1.29, 1.82) is 0 Å². The zero-order valence-electron chi connectivity index (χ0n) is 8.03. The number of aromatic hydroxyl groups is 1. The molecule has 0 fully saturated rings. The number of hydrogen-bond donors (Lipinski definition) is 2. The monoisotopic (exact) mass is 192 g/mol. The third-order valence-corrected chi connectivity index (χ3v) is 1.44. The molecule has 0 aromatic heterocycles. The van der Waals surface area contributed by atoms with Crippen molar-refractivity contribution < 1.29 is 67.8 Å². The third-order valence-electron chi connectivity index (χ3n) is 1.44. The molecule has 0 aliphatic rings. The van der Waals surface area contributed by atoms with Gasteiger partial charge in [-0.2, -0.15) is 0 Å². The average Bonchev–Trinajstić information content (AvgIpc) is 1.85. The van der Waals surface area contributed by atoms with Crippen LogP contribution < -0.4 is 51.4 Å². The van der Waals surface area contributed by atoms with Crippen LogP contribution in [0.15, 0.2) is 18.2 Å². The van der Waals surface area contributed by atoms with Crippen LogP contribution in [0.25, 0.3) is 0 Å². The van der Waals surface area contributed by atoms with Crippen molar-refractivity contribution in [3.05, 3.63) is 29.3 Å². The number of hydrogen-bond acceptors (Lipinski definition) is 2. The molecule has 3 nitrogen and oxygen atoms in total. The number of carbonyl (C=O) groups is 1. The van der Waals surface area contributed by atoms with Crippen LogP contribution in [0, 0.1) is 6.92 Å². The summed E-state index contributed by atoms with van der Waals surface area (Å²) in [7, 11) is 0. The van der Waals surface area contributed by atoms with Gasteiger partial charge in [0.05, 0.1) is 5.56 Å². The second kappa shape index (κ2) is 4.99. The first kappa shape index (κ1) is 12.1. The summed E-state index contributed by atoms with van der Waals surface area (Å²) in [4.78, 5) is 10.5. The molecule has 0 unspecified atom stereocenters. The smallest absolute Gasteiger partial charge is 1.00 e. The molecule has 0 amide bonds. The summed E-state index contributed by atoms with van der Waals surface area (Å²) in [6, 6.07) is 4.16. The maximum atomic E-state index is 10.5. The van der Waals surface area contributed by atoms with Gasteiger partial charge >= 0.3 is 57.4 Å². The summed E-state index contributed by atoms with van der Waals surface area (Å²) >= 11 is 0. The van der Waals surface area contributed by atoms with Gasteiger partial charge in [-0.05, 0) is 30.7 Å². The van der Waals surface area contributed by atoms with Crippen molar-refractivity contribution in [3.8, 4) is 5.75 Å². The van der Waals surface area contributed by atoms with E-state index in [1.807, 2.05) is 0 Å². The molecule has 1 aromatic rings. The fraction of sp³-hybridized carbons (Fsp3) is 0.125. The molecule has 12 heavy (non-hydrogen) atoms. The van der Waals surface area contributed by atoms with Crippen molar-refractivity contribution >= 4 is 5.97 Å². The van der Waals surface area contributed by atoms with Gasteiger partial charge in [0.2, 0.25) is 0 Å². The van der Waals surface area contributed by atoms with Crippen LogP contribution >= 0.6 is 0 Å². The second-order valence-corrected chi connectivity index (χ2v) is 2.30. The SMILES string of the molecule is Cc1cc(O)ccc1C(=O)O.[H-].[K+]. The predicted molar refractivity (Wildman–Crippen MR) is 40.9 cm³/mol. The Bertz CT molecular complexity index is 301. The maximum absolute atomic E-state index is 10.5. The van der Waals surface area contributed by atoms with E-state index in [0.717, 1.165) is 0 Å². The number of phenolic OH excluding ortho intramolecular Hbond substituents is 1. The topological polar surface area (TPSA) is 57.5 Å². The number of aromatic carboxylic acids is 1. The van der Waals surface area contributed by atoms with Gasteiger partial charge in [0, 0.05) is 0 Å². The molecule has 0 aliphatic carbocycles. The van der Waals surface area contributed by atoms with Crippen molar-refractivity contribution in [3.63, 3.8) is 0 Å². The predicted octanol–water partition coefficient (Wildman–Crippen LogP) is -1.48. The van der Waals surface area contributed by atoms with Crippen LogP contribution in [0.2, 0.25) is 0 Å². The molecule has 0 heterocycles. The summed E-state index contributed by atoms with van der Waals surface area (Å²) in [6.07, 6.45) is 0. The first-order valence-electron chi connectivity index (χ1n) is 3.14. The molecule has 1 aromatic carbocycles. The fourth-order valence-corrected chi connectivity index (χ4v) is 0.888. The van der Waals surface area contributed by atoms with E-state index in [0.29, 0.717) is 5.56 Å². The number of rotatable bonds is 1. The van der Waals surface area contributed by atoms with Gasteiger partial charge in [-0.25, -0.2) is 4.79 Å². The van der Waals surface area contributed by atoms with Crippen molar-refractivity contribution in [2.45, 2.75) is 6.92 Å². The molecule has 0 spiro atoms. The zero-order valence-corrected chi connectivity index (χ0v) is 10.2. The van der Waals surface area contributed by atoms with Gasteiger partial charge < -0.3 is 11.6 Å². The zero-order chi connectivity index (χ0) is 8.43. The number of carboxylic acid groups (broad SMARTS) is 1. The Morgan fingerprint density at radius 2 is 2.08 bits per heavy atom. The Morgan fingerprint density at radius 1 is 1.50 bits per heavy atom. The molecular weight excluding hydrogens is 183 g/mol. The first-order valence-corrected chi connectivity index (χ1v) is 3.14. The van der Waals surface area contributed by atoms with E-state index in [4.69, 9.17) is 10.2 Å². The molecule has 4 heteroatoms. The van der Waals surface area contributed by atoms with E-state index >= 15 is 0 Å². The van der Waals surface area contributed by atoms with Crippen LogP contribution in [0.1, 0.15) is 17.3 Å². The number of carboxylic acids is 1. The molecular formula is C8H9KO3. The Morgan fingerprint density at radius 3 is 2.50 bits per heavy atom. The quantitative estimate of drug-likeness (QED) is 0.533. The van der Waals surface area contributed by atoms with E-state index in [9.17, 15) is 4.79 Å². The van der Waals surface area contributed by atoms with E-state index < -0.39 is 5.97 Å². The summed E-state index contributed by atoms with van der Waals surface area (Å²) < 4.78 is 0. The van der Waals surface area contributed by atoms with Crippen LogP contribution in [0.3, 0.4) is 0 Å². The molecule has 0 radical (unpaired) electrons.